The van der Waals surface area contributed by atoms with Crippen LogP contribution in [0.1, 0.15) is 68.8 Å². The fraction of sp³-hybridized carbons (Fsp3) is 0.559. The van der Waals surface area contributed by atoms with Crippen LogP contribution in [0.25, 0.3) is 0 Å². The summed E-state index contributed by atoms with van der Waals surface area (Å²) >= 11 is 0. The quantitative estimate of drug-likeness (QED) is 0.374. The number of hydrogen-bond donors (Lipinski definition) is 2. The van der Waals surface area contributed by atoms with Gasteiger partial charge in [0, 0.05) is 44.8 Å². The maximum atomic E-state index is 14.2. The van der Waals surface area contributed by atoms with Crippen molar-refractivity contribution >= 4 is 23.4 Å². The molecule has 2 aromatic carbocycles. The molecule has 0 aromatic heterocycles. The molecular weight excluding hydrogens is 603 g/mol. The summed E-state index contributed by atoms with van der Waals surface area (Å²) in [6, 6.07) is 13.6. The van der Waals surface area contributed by atoms with Crippen LogP contribution in [-0.2, 0) is 20.7 Å². The molecule has 46 heavy (non-hydrogen) atoms. The molecule has 12 heteroatoms. The van der Waals surface area contributed by atoms with Gasteiger partial charge in [-0.05, 0) is 56.9 Å². The summed E-state index contributed by atoms with van der Waals surface area (Å²) in [4.78, 5) is 42.3. The molecule has 0 fully saturated rings. The molecule has 2 N–H and O–H groups in total. The molecule has 0 saturated heterocycles. The van der Waals surface area contributed by atoms with E-state index < -0.39 is 43.0 Å². The van der Waals surface area contributed by atoms with E-state index >= 15 is 0 Å². The summed E-state index contributed by atoms with van der Waals surface area (Å²) in [6.07, 6.45) is -4.87. The summed E-state index contributed by atoms with van der Waals surface area (Å²) in [5.74, 6) is -1.35. The molecule has 3 rings (SSSR count). The molecule has 0 unspecified atom stereocenters. The van der Waals surface area contributed by atoms with Crippen LogP contribution in [-0.4, -0.2) is 90.4 Å². The van der Waals surface area contributed by atoms with Gasteiger partial charge in [-0.15, -0.1) is 0 Å². The van der Waals surface area contributed by atoms with Crippen LogP contribution in [0.2, 0.25) is 0 Å². The molecule has 2 aromatic rings. The van der Waals surface area contributed by atoms with Crippen molar-refractivity contribution in [3.05, 3.63) is 59.7 Å². The molecule has 254 valence electrons. The summed E-state index contributed by atoms with van der Waals surface area (Å²) in [7, 11) is 1.45. The third-order valence-corrected chi connectivity index (χ3v) is 8.04. The first-order chi connectivity index (χ1) is 21.8. The number of hydrogen-bond acceptors (Lipinski definition) is 6. The number of carbonyl (C=O) groups excluding carboxylic acids is 3. The third-order valence-electron chi connectivity index (χ3n) is 8.04. The van der Waals surface area contributed by atoms with Crippen molar-refractivity contribution in [1.29, 1.82) is 0 Å². The lowest BCUT2D eigenvalue weighted by atomic mass is 10.0. The van der Waals surface area contributed by atoms with Gasteiger partial charge >= 0.3 is 6.18 Å². The maximum Gasteiger partial charge on any atom is 0.389 e. The van der Waals surface area contributed by atoms with Crippen LogP contribution in [0.5, 0.6) is 5.75 Å². The molecule has 0 saturated carbocycles. The van der Waals surface area contributed by atoms with Crippen molar-refractivity contribution in [2.75, 3.05) is 38.7 Å². The Morgan fingerprint density at radius 2 is 1.85 bits per heavy atom. The molecule has 1 aliphatic heterocycles. The first-order valence-corrected chi connectivity index (χ1v) is 15.8. The Bertz CT molecular complexity index is 1290. The first-order valence-electron chi connectivity index (χ1n) is 15.8. The number of aliphatic hydroxyl groups is 1. The zero-order valence-electron chi connectivity index (χ0n) is 27.0. The van der Waals surface area contributed by atoms with Gasteiger partial charge in [-0.1, -0.05) is 37.3 Å². The SMILES string of the molecule is C[C@H](CO)N1C[C@H](C)[C@H](CN(C)C(=O)CCC(F)(F)F)OCCCC[C@H](C)Oc2ccc(NC(=O)Cc3ccccc3)cc2C1=O. The Morgan fingerprint density at radius 1 is 1.13 bits per heavy atom. The lowest BCUT2D eigenvalue weighted by molar-refractivity contribution is -0.149. The summed E-state index contributed by atoms with van der Waals surface area (Å²) in [6.45, 7) is 5.63. The Hall–Kier alpha value is -3.64. The number of halogens is 3. The second kappa shape index (κ2) is 17.3. The number of ether oxygens (including phenoxy) is 2. The van der Waals surface area contributed by atoms with Gasteiger partial charge in [0.25, 0.3) is 5.91 Å². The Kier molecular flexibility index (Phi) is 13.9. The van der Waals surface area contributed by atoms with Crippen LogP contribution in [0.3, 0.4) is 0 Å². The lowest BCUT2D eigenvalue weighted by Crippen LogP contribution is -2.48. The predicted octanol–water partition coefficient (Wildman–Crippen LogP) is 5.46. The van der Waals surface area contributed by atoms with Crippen molar-refractivity contribution < 1.29 is 42.1 Å². The molecular formula is C34H46F3N3O6. The van der Waals surface area contributed by atoms with Crippen molar-refractivity contribution in [3.63, 3.8) is 0 Å². The highest BCUT2D eigenvalue weighted by Gasteiger charge is 2.32. The van der Waals surface area contributed by atoms with E-state index in [4.69, 9.17) is 9.47 Å². The number of aliphatic hydroxyl groups excluding tert-OH is 1. The zero-order chi connectivity index (χ0) is 33.9. The summed E-state index contributed by atoms with van der Waals surface area (Å²) < 4.78 is 50.6. The summed E-state index contributed by atoms with van der Waals surface area (Å²) in [5, 5.41) is 13.0. The highest BCUT2D eigenvalue weighted by Crippen LogP contribution is 2.29. The number of carbonyl (C=O) groups is 3. The van der Waals surface area contributed by atoms with Crippen LogP contribution < -0.4 is 10.1 Å². The molecule has 3 amide bonds. The lowest BCUT2D eigenvalue weighted by Gasteiger charge is -2.36. The molecule has 0 aliphatic carbocycles. The molecule has 1 aliphatic rings. The maximum absolute atomic E-state index is 14.2. The van der Waals surface area contributed by atoms with Gasteiger partial charge in [0.1, 0.15) is 5.75 Å². The van der Waals surface area contributed by atoms with Crippen LogP contribution >= 0.6 is 0 Å². The second-order valence-corrected chi connectivity index (χ2v) is 12.1. The molecule has 0 spiro atoms. The van der Waals surface area contributed by atoms with E-state index in [9.17, 15) is 32.7 Å². The molecule has 0 bridgehead atoms. The largest absolute Gasteiger partial charge is 0.490 e. The average Bonchev–Trinajstić information content (AvgIpc) is 3.01. The van der Waals surface area contributed by atoms with Crippen molar-refractivity contribution in [2.24, 2.45) is 5.92 Å². The van der Waals surface area contributed by atoms with Crippen molar-refractivity contribution in [2.45, 2.75) is 83.7 Å². The van der Waals surface area contributed by atoms with E-state index in [2.05, 4.69) is 5.32 Å². The monoisotopic (exact) mass is 649 g/mol. The Labute approximate surface area is 269 Å². The molecule has 0 radical (unpaired) electrons. The fourth-order valence-corrected chi connectivity index (χ4v) is 5.26. The minimum absolute atomic E-state index is 0.0427. The average molecular weight is 650 g/mol. The summed E-state index contributed by atoms with van der Waals surface area (Å²) in [5.41, 5.74) is 1.47. The molecule has 9 nitrogen and oxygen atoms in total. The van der Waals surface area contributed by atoms with E-state index in [-0.39, 0.29) is 49.6 Å². The van der Waals surface area contributed by atoms with E-state index in [1.165, 1.54) is 16.8 Å². The first kappa shape index (κ1) is 36.8. The standard InChI is InChI=1S/C34H46F3N3O6/c1-23-20-40(24(2)22-41)33(44)28-19-27(38-31(42)18-26-11-6-5-7-12-26)13-14-29(28)46-25(3)10-8-9-17-45-30(23)21-39(4)32(43)15-16-34(35,36)37/h5-7,11-14,19,23-25,30,41H,8-10,15-18,20-22H2,1-4H3,(H,38,42)/t23-,24+,25-,30-/m0/s1. The van der Waals surface area contributed by atoms with E-state index in [0.717, 1.165) is 12.0 Å². The van der Waals surface area contributed by atoms with E-state index in [0.29, 0.717) is 30.9 Å². The van der Waals surface area contributed by atoms with Crippen LogP contribution in [0.4, 0.5) is 18.9 Å². The van der Waals surface area contributed by atoms with Gasteiger partial charge in [-0.2, -0.15) is 13.2 Å². The van der Waals surface area contributed by atoms with Gasteiger partial charge in [-0.25, -0.2) is 0 Å². The smallest absolute Gasteiger partial charge is 0.389 e. The number of anilines is 1. The minimum Gasteiger partial charge on any atom is -0.490 e. The van der Waals surface area contributed by atoms with Gasteiger partial charge in [0.05, 0.1) is 43.3 Å². The van der Waals surface area contributed by atoms with Gasteiger partial charge in [0.2, 0.25) is 11.8 Å². The van der Waals surface area contributed by atoms with Gasteiger partial charge < -0.3 is 29.7 Å². The highest BCUT2D eigenvalue weighted by molar-refractivity contribution is 6.00. The fourth-order valence-electron chi connectivity index (χ4n) is 5.26. The minimum atomic E-state index is -4.44. The predicted molar refractivity (Wildman–Crippen MR) is 169 cm³/mol. The number of alkyl halides is 3. The number of likely N-dealkylation sites (N-methyl/N-ethyl adjacent to an activating group) is 1. The number of nitrogens with one attached hydrogen (secondary N) is 1. The Morgan fingerprint density at radius 3 is 2.52 bits per heavy atom. The molecule has 1 heterocycles. The normalized spacial score (nSPS) is 20.6. The van der Waals surface area contributed by atoms with Crippen LogP contribution in [0.15, 0.2) is 48.5 Å². The van der Waals surface area contributed by atoms with Gasteiger partial charge in [0.15, 0.2) is 0 Å². The number of nitrogens with zero attached hydrogens (tertiary/aromatic N) is 2. The Balaban J connectivity index is 1.89. The van der Waals surface area contributed by atoms with Crippen molar-refractivity contribution in [3.8, 4) is 5.75 Å². The number of benzene rings is 2. The highest BCUT2D eigenvalue weighted by atomic mass is 19.4. The third kappa shape index (κ3) is 11.6. The number of rotatable bonds is 9. The van der Waals surface area contributed by atoms with Crippen LogP contribution in [0, 0.1) is 5.92 Å². The zero-order valence-corrected chi connectivity index (χ0v) is 27.0. The van der Waals surface area contributed by atoms with Gasteiger partial charge in [-0.3, -0.25) is 14.4 Å². The van der Waals surface area contributed by atoms with E-state index in [1.807, 2.05) is 44.2 Å². The topological polar surface area (TPSA) is 108 Å². The number of fused-ring (bicyclic) bond motifs is 1. The second-order valence-electron chi connectivity index (χ2n) is 12.1. The van der Waals surface area contributed by atoms with E-state index in [1.54, 1.807) is 25.1 Å². The molecule has 4 atom stereocenters. The van der Waals surface area contributed by atoms with Crippen molar-refractivity contribution in [1.82, 2.24) is 9.80 Å². The number of amides is 3.